The lowest BCUT2D eigenvalue weighted by molar-refractivity contribution is -0.121. The van der Waals surface area contributed by atoms with Gasteiger partial charge in [-0.3, -0.25) is 14.4 Å². The van der Waals surface area contributed by atoms with Crippen LogP contribution >= 0.6 is 0 Å². The van der Waals surface area contributed by atoms with E-state index in [1.165, 1.54) is 11.8 Å². The first-order valence-electron chi connectivity index (χ1n) is 11.3. The van der Waals surface area contributed by atoms with Crippen LogP contribution in [0.3, 0.4) is 0 Å². The number of carbonyl (C=O) groups excluding carboxylic acids is 3. The Labute approximate surface area is 194 Å². The van der Waals surface area contributed by atoms with Gasteiger partial charge in [-0.2, -0.15) is 0 Å². The Morgan fingerprint density at radius 1 is 1.06 bits per heavy atom. The van der Waals surface area contributed by atoms with Crippen molar-refractivity contribution in [3.05, 3.63) is 59.8 Å². The predicted octanol–water partition coefficient (Wildman–Crippen LogP) is 3.73. The summed E-state index contributed by atoms with van der Waals surface area (Å²) in [5.74, 6) is -0.324. The highest BCUT2D eigenvalue weighted by molar-refractivity contribution is 6.45. The van der Waals surface area contributed by atoms with Gasteiger partial charge in [0.25, 0.3) is 11.8 Å². The van der Waals surface area contributed by atoms with E-state index in [1.807, 2.05) is 37.2 Å². The van der Waals surface area contributed by atoms with E-state index in [9.17, 15) is 14.4 Å². The summed E-state index contributed by atoms with van der Waals surface area (Å²) < 4.78 is 0. The van der Waals surface area contributed by atoms with Crippen LogP contribution < -0.4 is 15.1 Å². The minimum atomic E-state index is -0.323. The van der Waals surface area contributed by atoms with Gasteiger partial charge >= 0.3 is 0 Å². The fraction of sp³-hybridized carbons (Fsp3) is 0.346. The lowest BCUT2D eigenvalue weighted by Crippen LogP contribution is -2.39. The molecular formula is C26H30N4O3. The predicted molar refractivity (Wildman–Crippen MR) is 131 cm³/mol. The molecule has 0 bridgehead atoms. The van der Waals surface area contributed by atoms with Crippen molar-refractivity contribution in [2.45, 2.75) is 26.7 Å². The third-order valence-corrected chi connectivity index (χ3v) is 6.13. The van der Waals surface area contributed by atoms with E-state index >= 15 is 0 Å². The summed E-state index contributed by atoms with van der Waals surface area (Å²) in [5.41, 5.74) is 3.67. The third kappa shape index (κ3) is 4.49. The Kier molecular flexibility index (Phi) is 6.22. The smallest absolute Gasteiger partial charge is 0.282 e. The largest absolute Gasteiger partial charge is 0.378 e. The van der Waals surface area contributed by atoms with Gasteiger partial charge in [0, 0.05) is 45.5 Å². The van der Waals surface area contributed by atoms with Gasteiger partial charge in [-0.05, 0) is 54.7 Å². The van der Waals surface area contributed by atoms with Crippen molar-refractivity contribution in [3.8, 4) is 0 Å². The highest BCUT2D eigenvalue weighted by Gasteiger charge is 2.43. The number of likely N-dealkylation sites (tertiary alicyclic amines) is 1. The summed E-state index contributed by atoms with van der Waals surface area (Å²) in [4.78, 5) is 44.1. The Bertz CT molecular complexity index is 1120. The standard InChI is InChI=1S/C26H30N4O3/c1-17-7-6-14-29(16-17)24-23(19-10-12-20(13-11-19)27-18(2)31)25(32)30(26(24)33)22-9-5-8-21(15-22)28(3)4/h5,8-13,15,17H,6-7,14,16H2,1-4H3,(H,27,31). The van der Waals surface area contributed by atoms with Crippen LogP contribution in [0, 0.1) is 5.92 Å². The van der Waals surface area contributed by atoms with Crippen LogP contribution in [0.2, 0.25) is 0 Å². The molecule has 0 saturated carbocycles. The van der Waals surface area contributed by atoms with Gasteiger partial charge in [0.05, 0.1) is 11.3 Å². The molecule has 3 amide bonds. The molecular weight excluding hydrogens is 416 g/mol. The number of rotatable bonds is 5. The number of amides is 3. The van der Waals surface area contributed by atoms with E-state index in [-0.39, 0.29) is 17.7 Å². The van der Waals surface area contributed by atoms with E-state index in [2.05, 4.69) is 17.1 Å². The van der Waals surface area contributed by atoms with Crippen molar-refractivity contribution in [1.29, 1.82) is 0 Å². The first-order chi connectivity index (χ1) is 15.8. The summed E-state index contributed by atoms with van der Waals surface area (Å²) in [6.45, 7) is 5.12. The van der Waals surface area contributed by atoms with Crippen LogP contribution in [0.4, 0.5) is 17.1 Å². The van der Waals surface area contributed by atoms with Crippen molar-refractivity contribution in [1.82, 2.24) is 4.90 Å². The van der Waals surface area contributed by atoms with Crippen molar-refractivity contribution in [2.24, 2.45) is 5.92 Å². The number of imide groups is 1. The van der Waals surface area contributed by atoms with Gasteiger partial charge in [0.2, 0.25) is 5.91 Å². The molecule has 2 aliphatic heterocycles. The zero-order valence-corrected chi connectivity index (χ0v) is 19.6. The molecule has 172 valence electrons. The molecule has 1 saturated heterocycles. The molecule has 0 spiro atoms. The van der Waals surface area contributed by atoms with Crippen LogP contribution in [-0.2, 0) is 14.4 Å². The summed E-state index contributed by atoms with van der Waals surface area (Å²) in [6, 6.07) is 14.5. The van der Waals surface area contributed by atoms with Gasteiger partial charge in [-0.15, -0.1) is 0 Å². The van der Waals surface area contributed by atoms with E-state index in [0.717, 1.165) is 31.6 Å². The number of nitrogens with one attached hydrogen (secondary N) is 1. The molecule has 0 aliphatic carbocycles. The number of benzene rings is 2. The molecule has 1 N–H and O–H groups in total. The molecule has 2 aromatic rings. The fourth-order valence-electron chi connectivity index (χ4n) is 4.53. The van der Waals surface area contributed by atoms with E-state index in [0.29, 0.717) is 34.1 Å². The lowest BCUT2D eigenvalue weighted by atomic mass is 9.97. The number of nitrogens with zero attached hydrogens (tertiary/aromatic N) is 3. The maximum Gasteiger partial charge on any atom is 0.282 e. The normalized spacial score (nSPS) is 18.7. The summed E-state index contributed by atoms with van der Waals surface area (Å²) in [6.07, 6.45) is 2.10. The Balaban J connectivity index is 1.78. The Morgan fingerprint density at radius 2 is 1.79 bits per heavy atom. The van der Waals surface area contributed by atoms with Crippen LogP contribution in [0.5, 0.6) is 0 Å². The van der Waals surface area contributed by atoms with Gasteiger partial charge in [-0.25, -0.2) is 4.90 Å². The molecule has 33 heavy (non-hydrogen) atoms. The molecule has 2 heterocycles. The first kappa shape index (κ1) is 22.6. The molecule has 2 aromatic carbocycles. The van der Waals surface area contributed by atoms with Crippen LogP contribution in [0.15, 0.2) is 54.2 Å². The minimum absolute atomic E-state index is 0.163. The van der Waals surface area contributed by atoms with Crippen molar-refractivity contribution in [3.63, 3.8) is 0 Å². The maximum absolute atomic E-state index is 13.7. The summed E-state index contributed by atoms with van der Waals surface area (Å²) in [5, 5.41) is 2.74. The first-order valence-corrected chi connectivity index (χ1v) is 11.3. The molecule has 1 atom stereocenters. The topological polar surface area (TPSA) is 73.0 Å². The zero-order chi connectivity index (χ0) is 23.7. The van der Waals surface area contributed by atoms with Crippen molar-refractivity contribution in [2.75, 3.05) is 42.3 Å². The molecule has 0 aromatic heterocycles. The summed E-state index contributed by atoms with van der Waals surface area (Å²) in [7, 11) is 3.85. The number of piperidine rings is 1. The summed E-state index contributed by atoms with van der Waals surface area (Å²) >= 11 is 0. The van der Waals surface area contributed by atoms with Crippen LogP contribution in [0.1, 0.15) is 32.3 Å². The number of carbonyl (C=O) groups is 3. The van der Waals surface area contributed by atoms with E-state index < -0.39 is 0 Å². The average Bonchev–Trinajstić information content (AvgIpc) is 3.04. The van der Waals surface area contributed by atoms with Gasteiger partial charge in [0.1, 0.15) is 5.70 Å². The van der Waals surface area contributed by atoms with Crippen LogP contribution in [0.25, 0.3) is 5.57 Å². The number of hydrogen-bond donors (Lipinski definition) is 1. The number of anilines is 3. The van der Waals surface area contributed by atoms with Crippen LogP contribution in [-0.4, -0.2) is 49.8 Å². The highest BCUT2D eigenvalue weighted by atomic mass is 16.2. The second kappa shape index (κ2) is 9.10. The van der Waals surface area contributed by atoms with Crippen molar-refractivity contribution < 1.29 is 14.4 Å². The quantitative estimate of drug-likeness (QED) is 0.709. The Hall–Kier alpha value is -3.61. The molecule has 1 fully saturated rings. The minimum Gasteiger partial charge on any atom is -0.378 e. The lowest BCUT2D eigenvalue weighted by Gasteiger charge is -2.33. The fourth-order valence-corrected chi connectivity index (χ4v) is 4.53. The van der Waals surface area contributed by atoms with Gasteiger partial charge in [0.15, 0.2) is 0 Å². The second-order valence-electron chi connectivity index (χ2n) is 9.04. The molecule has 7 heteroatoms. The van der Waals surface area contributed by atoms with Crippen molar-refractivity contribution >= 4 is 40.4 Å². The zero-order valence-electron chi connectivity index (χ0n) is 19.6. The van der Waals surface area contributed by atoms with E-state index in [1.54, 1.807) is 30.3 Å². The van der Waals surface area contributed by atoms with E-state index in [4.69, 9.17) is 0 Å². The second-order valence-corrected chi connectivity index (χ2v) is 9.04. The SMILES string of the molecule is CC(=O)Nc1ccc(C2=C(N3CCCC(C)C3)C(=O)N(c3cccc(N(C)C)c3)C2=O)cc1. The monoisotopic (exact) mass is 446 g/mol. The molecule has 0 radical (unpaired) electrons. The third-order valence-electron chi connectivity index (χ3n) is 6.13. The molecule has 4 rings (SSSR count). The molecule has 7 nitrogen and oxygen atoms in total. The average molecular weight is 447 g/mol. The van der Waals surface area contributed by atoms with Gasteiger partial charge in [-0.1, -0.05) is 25.1 Å². The number of hydrogen-bond acceptors (Lipinski definition) is 5. The maximum atomic E-state index is 13.7. The Morgan fingerprint density at radius 3 is 2.42 bits per heavy atom. The molecule has 2 aliphatic rings. The van der Waals surface area contributed by atoms with Gasteiger partial charge < -0.3 is 15.1 Å². The molecule has 1 unspecified atom stereocenters. The highest BCUT2D eigenvalue weighted by Crippen LogP contribution is 2.37.